The van der Waals surface area contributed by atoms with Gasteiger partial charge in [-0.25, -0.2) is 0 Å². The molecule has 3 nitrogen and oxygen atoms in total. The lowest BCUT2D eigenvalue weighted by Crippen LogP contribution is -2.49. The first-order chi connectivity index (χ1) is 8.86. The molecule has 3 heteroatoms. The Balaban J connectivity index is 1.70. The van der Waals surface area contributed by atoms with Crippen molar-refractivity contribution in [2.45, 2.75) is 65.5 Å². The molecule has 5 unspecified atom stereocenters. The highest BCUT2D eigenvalue weighted by Crippen LogP contribution is 2.65. The second-order valence-electron chi connectivity index (χ2n) is 7.81. The van der Waals surface area contributed by atoms with Crippen LogP contribution in [0.2, 0.25) is 0 Å². The maximum atomic E-state index is 12.5. The number of nitrogens with one attached hydrogen (secondary N) is 2. The van der Waals surface area contributed by atoms with Gasteiger partial charge in [-0.1, -0.05) is 20.8 Å². The summed E-state index contributed by atoms with van der Waals surface area (Å²) in [5.74, 6) is 1.25. The summed E-state index contributed by atoms with van der Waals surface area (Å²) in [5, 5.41) is 6.77. The van der Waals surface area contributed by atoms with Crippen molar-refractivity contribution in [3.05, 3.63) is 0 Å². The summed E-state index contributed by atoms with van der Waals surface area (Å²) < 4.78 is 0. The first-order valence-electron chi connectivity index (χ1n) is 7.90. The van der Waals surface area contributed by atoms with Gasteiger partial charge < -0.3 is 10.6 Å². The number of rotatable bonds is 2. The molecule has 1 saturated heterocycles. The van der Waals surface area contributed by atoms with Gasteiger partial charge in [0.25, 0.3) is 0 Å². The second-order valence-corrected chi connectivity index (χ2v) is 7.81. The lowest BCUT2D eigenvalue weighted by atomic mass is 9.69. The highest BCUT2D eigenvalue weighted by Gasteiger charge is 2.61. The van der Waals surface area contributed by atoms with Crippen molar-refractivity contribution in [3.63, 3.8) is 0 Å². The van der Waals surface area contributed by atoms with Crippen molar-refractivity contribution < 1.29 is 4.79 Å². The summed E-state index contributed by atoms with van der Waals surface area (Å²) in [6, 6.07) is 0.723. The average Bonchev–Trinajstić information content (AvgIpc) is 2.90. The van der Waals surface area contributed by atoms with Gasteiger partial charge >= 0.3 is 0 Å². The molecule has 2 N–H and O–H groups in total. The average molecular weight is 264 g/mol. The first-order valence-corrected chi connectivity index (χ1v) is 7.90. The lowest BCUT2D eigenvalue weighted by molar-refractivity contribution is -0.126. The van der Waals surface area contributed by atoms with Crippen molar-refractivity contribution in [2.75, 3.05) is 6.54 Å². The van der Waals surface area contributed by atoms with Gasteiger partial charge in [0.05, 0.1) is 5.92 Å². The van der Waals surface area contributed by atoms with Gasteiger partial charge in [0.1, 0.15) is 0 Å². The van der Waals surface area contributed by atoms with E-state index in [2.05, 4.69) is 38.3 Å². The van der Waals surface area contributed by atoms with Crippen LogP contribution in [0.5, 0.6) is 0 Å². The van der Waals surface area contributed by atoms with E-state index in [4.69, 9.17) is 0 Å². The van der Waals surface area contributed by atoms with E-state index in [0.29, 0.717) is 22.9 Å². The number of fused-ring (bicyclic) bond motifs is 2. The largest absolute Gasteiger partial charge is 0.353 e. The number of amides is 1. The molecule has 1 aliphatic heterocycles. The molecule has 1 amide bonds. The third-order valence-corrected chi connectivity index (χ3v) is 6.97. The van der Waals surface area contributed by atoms with E-state index in [0.717, 1.165) is 18.9 Å². The van der Waals surface area contributed by atoms with E-state index in [1.165, 1.54) is 19.3 Å². The molecule has 2 bridgehead atoms. The van der Waals surface area contributed by atoms with Gasteiger partial charge in [-0.05, 0) is 55.9 Å². The molecule has 0 aromatic heterocycles. The molecule has 3 aliphatic rings. The summed E-state index contributed by atoms with van der Waals surface area (Å²) in [6.45, 7) is 10.3. The van der Waals surface area contributed by atoms with Crippen LogP contribution in [0, 0.1) is 22.7 Å². The molecule has 2 saturated carbocycles. The number of hydrogen-bond acceptors (Lipinski definition) is 2. The van der Waals surface area contributed by atoms with Gasteiger partial charge in [0.2, 0.25) is 5.91 Å². The smallest absolute Gasteiger partial charge is 0.224 e. The van der Waals surface area contributed by atoms with Crippen LogP contribution < -0.4 is 10.6 Å². The SMILES string of the molecule is CC1NCCC1C(=O)NC1CC2CCC1(C)C2(C)C. The Kier molecular flexibility index (Phi) is 2.97. The Morgan fingerprint density at radius 1 is 1.26 bits per heavy atom. The molecule has 5 atom stereocenters. The third kappa shape index (κ3) is 1.77. The maximum Gasteiger partial charge on any atom is 0.224 e. The molecule has 19 heavy (non-hydrogen) atoms. The van der Waals surface area contributed by atoms with Crippen LogP contribution in [0.4, 0.5) is 0 Å². The highest BCUT2D eigenvalue weighted by atomic mass is 16.2. The number of hydrogen-bond donors (Lipinski definition) is 2. The van der Waals surface area contributed by atoms with Crippen molar-refractivity contribution in [2.24, 2.45) is 22.7 Å². The Hall–Kier alpha value is -0.570. The molecular formula is C16H28N2O. The van der Waals surface area contributed by atoms with Gasteiger partial charge in [-0.2, -0.15) is 0 Å². The van der Waals surface area contributed by atoms with Crippen LogP contribution in [0.3, 0.4) is 0 Å². The topological polar surface area (TPSA) is 41.1 Å². The fraction of sp³-hybridized carbons (Fsp3) is 0.938. The van der Waals surface area contributed by atoms with Gasteiger partial charge in [0.15, 0.2) is 0 Å². The van der Waals surface area contributed by atoms with E-state index in [1.54, 1.807) is 0 Å². The number of carbonyl (C=O) groups excluding carboxylic acids is 1. The lowest BCUT2D eigenvalue weighted by Gasteiger charge is -2.40. The zero-order valence-electron chi connectivity index (χ0n) is 12.8. The second kappa shape index (κ2) is 4.21. The van der Waals surface area contributed by atoms with Crippen molar-refractivity contribution >= 4 is 5.91 Å². The fourth-order valence-electron chi connectivity index (χ4n) is 4.92. The summed E-state index contributed by atoms with van der Waals surface area (Å²) in [7, 11) is 0. The van der Waals surface area contributed by atoms with Crippen molar-refractivity contribution in [1.29, 1.82) is 0 Å². The van der Waals surface area contributed by atoms with Crippen LogP contribution in [0.1, 0.15) is 53.4 Å². The quantitative estimate of drug-likeness (QED) is 0.803. The minimum atomic E-state index is 0.172. The molecule has 2 aliphatic carbocycles. The molecule has 3 rings (SSSR count). The zero-order valence-corrected chi connectivity index (χ0v) is 12.8. The monoisotopic (exact) mass is 264 g/mol. The molecule has 108 valence electrons. The van der Waals surface area contributed by atoms with Crippen LogP contribution >= 0.6 is 0 Å². The van der Waals surface area contributed by atoms with E-state index >= 15 is 0 Å². The zero-order chi connectivity index (χ0) is 13.8. The van der Waals surface area contributed by atoms with E-state index in [1.807, 2.05) is 0 Å². The minimum absolute atomic E-state index is 0.172. The van der Waals surface area contributed by atoms with E-state index < -0.39 is 0 Å². The Morgan fingerprint density at radius 3 is 2.47 bits per heavy atom. The Morgan fingerprint density at radius 2 is 2.00 bits per heavy atom. The number of carbonyl (C=O) groups is 1. The molecule has 0 spiro atoms. The van der Waals surface area contributed by atoms with Crippen molar-refractivity contribution in [1.82, 2.24) is 10.6 Å². The Labute approximate surface area is 116 Å². The Bertz CT molecular complexity index is 392. The molecule has 3 fully saturated rings. The van der Waals surface area contributed by atoms with Gasteiger partial charge in [0, 0.05) is 12.1 Å². The van der Waals surface area contributed by atoms with Crippen LogP contribution in [0.15, 0.2) is 0 Å². The standard InChI is InChI=1S/C16H28N2O/c1-10-12(6-8-17-10)14(19)18-13-9-11-5-7-16(13,4)15(11,2)3/h10-13,17H,5-9H2,1-4H3,(H,18,19). The van der Waals surface area contributed by atoms with Gasteiger partial charge in [-0.15, -0.1) is 0 Å². The summed E-state index contributed by atoms with van der Waals surface area (Å²) in [5.41, 5.74) is 0.674. The molecule has 1 heterocycles. The normalized spacial score (nSPS) is 47.6. The molecule has 0 radical (unpaired) electrons. The predicted molar refractivity (Wildman–Crippen MR) is 76.7 cm³/mol. The van der Waals surface area contributed by atoms with Crippen LogP contribution in [-0.2, 0) is 4.79 Å². The summed E-state index contributed by atoms with van der Waals surface area (Å²) >= 11 is 0. The third-order valence-electron chi connectivity index (χ3n) is 6.97. The fourth-order valence-corrected chi connectivity index (χ4v) is 4.92. The van der Waals surface area contributed by atoms with Crippen molar-refractivity contribution in [3.8, 4) is 0 Å². The van der Waals surface area contributed by atoms with E-state index in [9.17, 15) is 4.79 Å². The first kappa shape index (κ1) is 13.4. The predicted octanol–water partition coefficient (Wildman–Crippen LogP) is 2.32. The van der Waals surface area contributed by atoms with Gasteiger partial charge in [-0.3, -0.25) is 4.79 Å². The highest BCUT2D eigenvalue weighted by molar-refractivity contribution is 5.80. The van der Waals surface area contributed by atoms with Crippen LogP contribution in [-0.4, -0.2) is 24.5 Å². The summed E-state index contributed by atoms with van der Waals surface area (Å²) in [6.07, 6.45) is 4.79. The molecule has 0 aromatic carbocycles. The van der Waals surface area contributed by atoms with E-state index in [-0.39, 0.29) is 11.8 Å². The summed E-state index contributed by atoms with van der Waals surface area (Å²) in [4.78, 5) is 12.5. The molecule has 0 aromatic rings. The van der Waals surface area contributed by atoms with Crippen LogP contribution in [0.25, 0.3) is 0 Å². The maximum absolute atomic E-state index is 12.5. The minimum Gasteiger partial charge on any atom is -0.353 e. The molecular weight excluding hydrogens is 236 g/mol.